The maximum Gasteiger partial charge on any atom is 0.211 e. The molecule has 2 N–H and O–H groups in total. The van der Waals surface area contributed by atoms with Crippen molar-refractivity contribution < 1.29 is 0 Å². The zero-order chi connectivity index (χ0) is 39.2. The van der Waals surface area contributed by atoms with Crippen molar-refractivity contribution in [1.82, 2.24) is 19.9 Å². The number of para-hydroxylation sites is 2. The van der Waals surface area contributed by atoms with E-state index in [9.17, 15) is 0 Å². The summed E-state index contributed by atoms with van der Waals surface area (Å²) in [7, 11) is 0. The molecule has 1 aliphatic carbocycles. The monoisotopic (exact) mass is 758 g/mol. The summed E-state index contributed by atoms with van der Waals surface area (Å²) in [6, 6.07) is 58.8. The molecule has 0 fully saturated rings. The maximum absolute atomic E-state index is 5.23. The Bertz CT molecular complexity index is 3370. The van der Waals surface area contributed by atoms with Crippen LogP contribution in [0.15, 0.2) is 186 Å². The zero-order valence-corrected chi connectivity index (χ0v) is 32.6. The van der Waals surface area contributed by atoms with Gasteiger partial charge >= 0.3 is 0 Å². The number of fused-ring (bicyclic) bond motifs is 9. The van der Waals surface area contributed by atoms with Crippen LogP contribution in [-0.2, 0) is 5.41 Å². The molecule has 1 atom stereocenters. The molecular formula is C53H38N6. The lowest BCUT2D eigenvalue weighted by molar-refractivity contribution is 0.661. The van der Waals surface area contributed by atoms with Crippen LogP contribution in [0.25, 0.3) is 77.0 Å². The Balaban J connectivity index is 0.956. The smallest absolute Gasteiger partial charge is 0.211 e. The Hall–Kier alpha value is -7.57. The highest BCUT2D eigenvalue weighted by molar-refractivity contribution is 6.18. The van der Waals surface area contributed by atoms with Gasteiger partial charge in [-0.2, -0.15) is 4.99 Å². The van der Waals surface area contributed by atoms with Gasteiger partial charge in [0.2, 0.25) is 5.96 Å². The number of nitrogens with one attached hydrogen (secondary N) is 2. The van der Waals surface area contributed by atoms with Crippen LogP contribution in [0.2, 0.25) is 0 Å². The summed E-state index contributed by atoms with van der Waals surface area (Å²) in [5.41, 5.74) is 16.4. The van der Waals surface area contributed by atoms with Crippen molar-refractivity contribution in [2.75, 3.05) is 0 Å². The number of aliphatic imine (C=N–C) groups is 2. The normalized spacial score (nSPS) is 15.6. The molecule has 0 saturated heterocycles. The molecule has 12 rings (SSSR count). The van der Waals surface area contributed by atoms with Gasteiger partial charge in [-0.25, -0.2) is 4.99 Å². The number of aromatic nitrogens is 3. The molecular weight excluding hydrogens is 721 g/mol. The lowest BCUT2D eigenvalue weighted by atomic mass is 9.81. The van der Waals surface area contributed by atoms with Gasteiger partial charge in [-0.1, -0.05) is 129 Å². The molecule has 1 aliphatic heterocycles. The Morgan fingerprint density at radius 2 is 1.24 bits per heavy atom. The minimum atomic E-state index is -0.346. The van der Waals surface area contributed by atoms with Crippen LogP contribution in [0.1, 0.15) is 42.3 Å². The summed E-state index contributed by atoms with van der Waals surface area (Å²) >= 11 is 0. The second kappa shape index (κ2) is 12.7. The highest BCUT2D eigenvalue weighted by Crippen LogP contribution is 2.51. The Morgan fingerprint density at radius 1 is 0.525 bits per heavy atom. The molecule has 1 unspecified atom stereocenters. The first-order valence-corrected chi connectivity index (χ1v) is 20.2. The lowest BCUT2D eigenvalue weighted by Crippen LogP contribution is -2.37. The van der Waals surface area contributed by atoms with Crippen LogP contribution in [0.3, 0.4) is 0 Å². The Labute approximate surface area is 341 Å². The van der Waals surface area contributed by atoms with Gasteiger partial charge in [0.05, 0.1) is 11.0 Å². The topological polar surface area (TPSA) is 70.4 Å². The summed E-state index contributed by atoms with van der Waals surface area (Å²) < 4.78 is 2.26. The van der Waals surface area contributed by atoms with E-state index in [4.69, 9.17) is 9.98 Å². The van der Waals surface area contributed by atoms with E-state index in [-0.39, 0.29) is 11.6 Å². The van der Waals surface area contributed by atoms with Gasteiger partial charge in [0, 0.05) is 56.0 Å². The van der Waals surface area contributed by atoms with Gasteiger partial charge in [0.15, 0.2) is 5.84 Å². The number of aromatic amines is 1. The highest BCUT2D eigenvalue weighted by atomic mass is 15.3. The number of hydrogen-bond donors (Lipinski definition) is 2. The van der Waals surface area contributed by atoms with E-state index >= 15 is 0 Å². The fourth-order valence-corrected chi connectivity index (χ4v) is 9.47. The molecule has 4 heterocycles. The third kappa shape index (κ3) is 5.23. The predicted octanol–water partition coefficient (Wildman–Crippen LogP) is 12.4. The summed E-state index contributed by atoms with van der Waals surface area (Å²) in [5.74, 6) is 1.43. The van der Waals surface area contributed by atoms with Gasteiger partial charge < -0.3 is 10.3 Å². The highest BCUT2D eigenvalue weighted by Gasteiger charge is 2.36. The second-order valence-electron chi connectivity index (χ2n) is 16.2. The number of benzene rings is 7. The first kappa shape index (κ1) is 33.6. The Morgan fingerprint density at radius 3 is 2.08 bits per heavy atom. The molecule has 6 nitrogen and oxygen atoms in total. The van der Waals surface area contributed by atoms with Crippen LogP contribution in [-0.4, -0.2) is 26.3 Å². The summed E-state index contributed by atoms with van der Waals surface area (Å²) in [6.07, 6.45) is 3.35. The van der Waals surface area contributed by atoms with Crippen molar-refractivity contribution in [3.8, 4) is 33.4 Å². The standard InChI is InChI=1S/C53H38N6/c1-53(2)44-28-36(22-24-38(44)41-29-42-39-14-6-8-16-46(39)55-47(42)30-45(41)53)35-23-25-49-43(27-35)40-15-7-9-17-48(40)59(49)52-57-50(33-11-4-3-5-12-33)56-51(58-52)34-20-18-32(19-21-34)37-13-10-26-54-31-37/h3-31,51,55H,1-2H3,(H,56,57,58). The van der Waals surface area contributed by atoms with Gasteiger partial charge in [0.1, 0.15) is 6.17 Å². The molecule has 0 radical (unpaired) electrons. The van der Waals surface area contributed by atoms with Gasteiger partial charge in [0.25, 0.3) is 0 Å². The fourth-order valence-electron chi connectivity index (χ4n) is 9.47. The van der Waals surface area contributed by atoms with E-state index in [1.807, 2.05) is 30.5 Å². The lowest BCUT2D eigenvalue weighted by Gasteiger charge is -2.25. The van der Waals surface area contributed by atoms with Gasteiger partial charge in [-0.15, -0.1) is 0 Å². The van der Waals surface area contributed by atoms with Crippen molar-refractivity contribution in [2.45, 2.75) is 25.4 Å². The van der Waals surface area contributed by atoms with Crippen LogP contribution in [0, 0.1) is 0 Å². The molecule has 6 heteroatoms. The minimum absolute atomic E-state index is 0.148. The van der Waals surface area contributed by atoms with Crippen molar-refractivity contribution >= 4 is 55.4 Å². The van der Waals surface area contributed by atoms with Crippen molar-refractivity contribution in [3.63, 3.8) is 0 Å². The SMILES string of the molecule is CC1(C)c2cc(-c3ccc4c(c3)c3ccccc3n4C3=NC(c4ccccc4)=NC(c4ccc(-c5cccnc5)cc4)N3)ccc2-c2cc3c(cc21)[nH]c1ccccc13. The molecule has 3 aromatic heterocycles. The average Bonchev–Trinajstić information content (AvgIpc) is 3.90. The van der Waals surface area contributed by atoms with Gasteiger partial charge in [-0.05, 0) is 98.6 Å². The third-order valence-corrected chi connectivity index (χ3v) is 12.5. The third-order valence-electron chi connectivity index (χ3n) is 12.5. The molecule has 280 valence electrons. The van der Waals surface area contributed by atoms with Crippen LogP contribution < -0.4 is 5.32 Å². The largest absolute Gasteiger partial charge is 0.355 e. The van der Waals surface area contributed by atoms with Crippen molar-refractivity contribution in [2.24, 2.45) is 9.98 Å². The second-order valence-corrected chi connectivity index (χ2v) is 16.2. The molecule has 2 aliphatic rings. The Kier molecular flexibility index (Phi) is 7.23. The molecule has 0 bridgehead atoms. The van der Waals surface area contributed by atoms with E-state index in [1.54, 1.807) is 6.20 Å². The van der Waals surface area contributed by atoms with E-state index < -0.39 is 0 Å². The number of hydrogen-bond acceptors (Lipinski definition) is 4. The molecule has 0 amide bonds. The first-order valence-electron chi connectivity index (χ1n) is 20.2. The first-order chi connectivity index (χ1) is 29.0. The summed E-state index contributed by atoms with van der Waals surface area (Å²) in [5, 5.41) is 8.63. The number of amidine groups is 1. The number of pyridine rings is 1. The van der Waals surface area contributed by atoms with E-state index in [0.717, 1.165) is 39.2 Å². The van der Waals surface area contributed by atoms with E-state index in [1.165, 1.54) is 66.0 Å². The van der Waals surface area contributed by atoms with E-state index in [0.29, 0.717) is 5.84 Å². The van der Waals surface area contributed by atoms with Gasteiger partial charge in [-0.3, -0.25) is 9.55 Å². The van der Waals surface area contributed by atoms with E-state index in [2.05, 4.69) is 173 Å². The molecule has 0 saturated carbocycles. The molecule has 10 aromatic rings. The van der Waals surface area contributed by atoms with Crippen molar-refractivity contribution in [1.29, 1.82) is 0 Å². The summed E-state index contributed by atoms with van der Waals surface area (Å²) in [6.45, 7) is 4.72. The predicted molar refractivity (Wildman–Crippen MR) is 243 cm³/mol. The quantitative estimate of drug-likeness (QED) is 0.188. The van der Waals surface area contributed by atoms with Crippen LogP contribution in [0.5, 0.6) is 0 Å². The number of H-pyrrole nitrogens is 1. The molecule has 0 spiro atoms. The molecule has 59 heavy (non-hydrogen) atoms. The zero-order valence-electron chi connectivity index (χ0n) is 32.6. The fraction of sp³-hybridized carbons (Fsp3) is 0.0755. The van der Waals surface area contributed by atoms with Crippen LogP contribution in [0.4, 0.5) is 0 Å². The average molecular weight is 759 g/mol. The summed E-state index contributed by atoms with van der Waals surface area (Å²) in [4.78, 5) is 18.4. The molecule has 7 aromatic carbocycles. The minimum Gasteiger partial charge on any atom is -0.355 e. The number of rotatable bonds is 4. The number of nitrogens with zero attached hydrogens (tertiary/aromatic N) is 4. The van der Waals surface area contributed by atoms with Crippen molar-refractivity contribution in [3.05, 3.63) is 198 Å². The van der Waals surface area contributed by atoms with Crippen LogP contribution >= 0.6 is 0 Å². The maximum atomic E-state index is 5.23.